The first kappa shape index (κ1) is 12.0. The molecule has 0 radical (unpaired) electrons. The summed E-state index contributed by atoms with van der Waals surface area (Å²) in [4.78, 5) is 0. The lowest BCUT2D eigenvalue weighted by Crippen LogP contribution is -2.21. The van der Waals surface area contributed by atoms with E-state index in [4.69, 9.17) is 4.74 Å². The lowest BCUT2D eigenvalue weighted by Gasteiger charge is -2.16. The van der Waals surface area contributed by atoms with Gasteiger partial charge in [0.1, 0.15) is 5.75 Å². The monoisotopic (exact) mass is 233 g/mol. The summed E-state index contributed by atoms with van der Waals surface area (Å²) in [6, 6.07) is 8.00. The number of aliphatic hydroxyl groups is 1. The molecule has 3 heteroatoms. The zero-order chi connectivity index (χ0) is 12.4. The Morgan fingerprint density at radius 1 is 1.29 bits per heavy atom. The molecule has 1 N–H and O–H groups in total. The molecule has 1 aromatic heterocycles. The van der Waals surface area contributed by atoms with E-state index >= 15 is 0 Å². The van der Waals surface area contributed by atoms with Crippen molar-refractivity contribution in [1.29, 1.82) is 0 Å². The van der Waals surface area contributed by atoms with Gasteiger partial charge in [-0.1, -0.05) is 19.9 Å². The zero-order valence-corrected chi connectivity index (χ0v) is 10.6. The first-order chi connectivity index (χ1) is 8.13. The number of fused-ring (bicyclic) bond motifs is 1. The fraction of sp³-hybridized carbons (Fsp3) is 0.429. The number of methoxy groups -OCH3 is 1. The number of nitrogens with zero attached hydrogens (tertiary/aromatic N) is 1. The van der Waals surface area contributed by atoms with Gasteiger partial charge in [-0.05, 0) is 24.1 Å². The quantitative estimate of drug-likeness (QED) is 0.881. The summed E-state index contributed by atoms with van der Waals surface area (Å²) in [7, 11) is 1.68. The molecule has 0 aliphatic carbocycles. The van der Waals surface area contributed by atoms with Crippen LogP contribution in [-0.2, 0) is 6.54 Å². The van der Waals surface area contributed by atoms with Gasteiger partial charge in [-0.15, -0.1) is 0 Å². The number of rotatable bonds is 4. The van der Waals surface area contributed by atoms with Crippen molar-refractivity contribution in [2.75, 3.05) is 7.11 Å². The molecule has 0 amide bonds. The van der Waals surface area contributed by atoms with Crippen molar-refractivity contribution in [3.8, 4) is 5.75 Å². The summed E-state index contributed by atoms with van der Waals surface area (Å²) in [5.41, 5.74) is 1.10. The minimum Gasteiger partial charge on any atom is -0.496 e. The van der Waals surface area contributed by atoms with Crippen molar-refractivity contribution in [2.24, 2.45) is 5.92 Å². The summed E-state index contributed by atoms with van der Waals surface area (Å²) in [5, 5.41) is 11.0. The van der Waals surface area contributed by atoms with Gasteiger partial charge in [0, 0.05) is 18.1 Å². The molecule has 0 saturated carbocycles. The van der Waals surface area contributed by atoms with E-state index in [9.17, 15) is 5.11 Å². The molecule has 1 aromatic carbocycles. The molecule has 0 aliphatic heterocycles. The van der Waals surface area contributed by atoms with Gasteiger partial charge in [-0.3, -0.25) is 0 Å². The van der Waals surface area contributed by atoms with E-state index in [1.54, 1.807) is 7.11 Å². The Balaban J connectivity index is 2.36. The Bertz CT molecular complexity index is 502. The molecule has 17 heavy (non-hydrogen) atoms. The average molecular weight is 233 g/mol. The summed E-state index contributed by atoms with van der Waals surface area (Å²) in [6.45, 7) is 4.67. The Kier molecular flexibility index (Phi) is 3.38. The third-order valence-corrected chi connectivity index (χ3v) is 3.15. The molecule has 2 aromatic rings. The standard InChI is InChI=1S/C14H19NO2/c1-10(2)13(16)9-15-8-7-11-12(15)5-4-6-14(11)17-3/h4-8,10,13,16H,9H2,1-3H3. The van der Waals surface area contributed by atoms with Crippen LogP contribution in [0.3, 0.4) is 0 Å². The van der Waals surface area contributed by atoms with Crippen molar-refractivity contribution < 1.29 is 9.84 Å². The van der Waals surface area contributed by atoms with Crippen molar-refractivity contribution in [2.45, 2.75) is 26.5 Å². The highest BCUT2D eigenvalue weighted by Crippen LogP contribution is 2.26. The van der Waals surface area contributed by atoms with Crippen LogP contribution in [0.25, 0.3) is 10.9 Å². The second-order valence-electron chi connectivity index (χ2n) is 4.67. The van der Waals surface area contributed by atoms with Crippen LogP contribution in [0.15, 0.2) is 30.5 Å². The fourth-order valence-corrected chi connectivity index (χ4v) is 1.94. The second kappa shape index (κ2) is 4.80. The van der Waals surface area contributed by atoms with Gasteiger partial charge in [0.2, 0.25) is 0 Å². The minimum absolute atomic E-state index is 0.262. The van der Waals surface area contributed by atoms with E-state index < -0.39 is 0 Å². The van der Waals surface area contributed by atoms with Gasteiger partial charge in [-0.2, -0.15) is 0 Å². The van der Waals surface area contributed by atoms with E-state index in [0.717, 1.165) is 16.7 Å². The topological polar surface area (TPSA) is 34.4 Å². The van der Waals surface area contributed by atoms with Crippen LogP contribution in [-0.4, -0.2) is 22.9 Å². The lowest BCUT2D eigenvalue weighted by atomic mass is 10.1. The number of hydrogen-bond donors (Lipinski definition) is 1. The van der Waals surface area contributed by atoms with Gasteiger partial charge in [-0.25, -0.2) is 0 Å². The molecule has 0 saturated heterocycles. The maximum atomic E-state index is 9.93. The number of ether oxygens (including phenoxy) is 1. The van der Waals surface area contributed by atoms with E-state index in [0.29, 0.717) is 6.54 Å². The highest BCUT2D eigenvalue weighted by atomic mass is 16.5. The van der Waals surface area contributed by atoms with Gasteiger partial charge in [0.25, 0.3) is 0 Å². The van der Waals surface area contributed by atoms with Gasteiger partial charge < -0.3 is 14.4 Å². The molecule has 1 unspecified atom stereocenters. The van der Waals surface area contributed by atoms with E-state index in [1.165, 1.54) is 0 Å². The first-order valence-electron chi connectivity index (χ1n) is 5.93. The third-order valence-electron chi connectivity index (χ3n) is 3.15. The number of aromatic nitrogens is 1. The Hall–Kier alpha value is -1.48. The Morgan fingerprint density at radius 2 is 2.06 bits per heavy atom. The average Bonchev–Trinajstić information content (AvgIpc) is 2.72. The normalized spacial score (nSPS) is 13.2. The molecule has 0 aliphatic rings. The van der Waals surface area contributed by atoms with Crippen LogP contribution < -0.4 is 4.74 Å². The highest BCUT2D eigenvalue weighted by Gasteiger charge is 2.12. The third kappa shape index (κ3) is 2.29. The number of benzene rings is 1. The van der Waals surface area contributed by atoms with Crippen molar-refractivity contribution in [3.05, 3.63) is 30.5 Å². The van der Waals surface area contributed by atoms with E-state index in [1.807, 2.05) is 44.3 Å². The van der Waals surface area contributed by atoms with Crippen molar-refractivity contribution in [3.63, 3.8) is 0 Å². The molecule has 92 valence electrons. The van der Waals surface area contributed by atoms with Gasteiger partial charge in [0.15, 0.2) is 0 Å². The van der Waals surface area contributed by atoms with Crippen LogP contribution in [0.5, 0.6) is 5.75 Å². The molecular weight excluding hydrogens is 214 g/mol. The van der Waals surface area contributed by atoms with Crippen LogP contribution in [0.2, 0.25) is 0 Å². The second-order valence-corrected chi connectivity index (χ2v) is 4.67. The predicted molar refractivity (Wildman–Crippen MR) is 69.3 cm³/mol. The zero-order valence-electron chi connectivity index (χ0n) is 10.6. The summed E-state index contributed by atoms with van der Waals surface area (Å²) in [5.74, 6) is 1.14. The van der Waals surface area contributed by atoms with Crippen LogP contribution in [0.1, 0.15) is 13.8 Å². The molecule has 1 heterocycles. The lowest BCUT2D eigenvalue weighted by molar-refractivity contribution is 0.108. The maximum Gasteiger partial charge on any atom is 0.128 e. The van der Waals surface area contributed by atoms with Crippen LogP contribution in [0, 0.1) is 5.92 Å². The Morgan fingerprint density at radius 3 is 2.71 bits per heavy atom. The SMILES string of the molecule is COc1cccc2c1ccn2CC(O)C(C)C. The van der Waals surface area contributed by atoms with Gasteiger partial charge in [0.05, 0.1) is 18.7 Å². The largest absolute Gasteiger partial charge is 0.496 e. The summed E-state index contributed by atoms with van der Waals surface area (Å²) in [6.07, 6.45) is 1.68. The smallest absolute Gasteiger partial charge is 0.128 e. The van der Waals surface area contributed by atoms with Crippen molar-refractivity contribution in [1.82, 2.24) is 4.57 Å². The van der Waals surface area contributed by atoms with E-state index in [-0.39, 0.29) is 12.0 Å². The highest BCUT2D eigenvalue weighted by molar-refractivity contribution is 5.86. The molecular formula is C14H19NO2. The fourth-order valence-electron chi connectivity index (χ4n) is 1.94. The van der Waals surface area contributed by atoms with Crippen molar-refractivity contribution >= 4 is 10.9 Å². The molecule has 1 atom stereocenters. The van der Waals surface area contributed by atoms with Crippen LogP contribution >= 0.6 is 0 Å². The summed E-state index contributed by atoms with van der Waals surface area (Å²) >= 11 is 0. The minimum atomic E-state index is -0.322. The summed E-state index contributed by atoms with van der Waals surface area (Å²) < 4.78 is 7.39. The number of aliphatic hydroxyl groups excluding tert-OH is 1. The molecule has 0 fully saturated rings. The number of hydrogen-bond acceptors (Lipinski definition) is 2. The molecule has 0 bridgehead atoms. The van der Waals surface area contributed by atoms with E-state index in [2.05, 4.69) is 4.57 Å². The van der Waals surface area contributed by atoms with Crippen LogP contribution in [0.4, 0.5) is 0 Å². The molecule has 2 rings (SSSR count). The predicted octanol–water partition coefficient (Wildman–Crippen LogP) is 2.67. The maximum absolute atomic E-state index is 9.93. The molecule has 0 spiro atoms. The molecule has 3 nitrogen and oxygen atoms in total. The van der Waals surface area contributed by atoms with Gasteiger partial charge >= 0.3 is 0 Å². The Labute approximate surface area is 102 Å². The first-order valence-corrected chi connectivity index (χ1v) is 5.93.